The highest BCUT2D eigenvalue weighted by Crippen LogP contribution is 2.29. The van der Waals surface area contributed by atoms with Crippen molar-refractivity contribution in [1.29, 1.82) is 0 Å². The van der Waals surface area contributed by atoms with Crippen molar-refractivity contribution in [1.82, 2.24) is 19.9 Å². The van der Waals surface area contributed by atoms with Crippen LogP contribution in [0.1, 0.15) is 25.7 Å². The second-order valence-corrected chi connectivity index (χ2v) is 5.26. The van der Waals surface area contributed by atoms with Crippen molar-refractivity contribution < 1.29 is 9.90 Å². The van der Waals surface area contributed by atoms with Crippen LogP contribution in [0.25, 0.3) is 11.2 Å². The molecule has 1 aliphatic rings. The smallest absolute Gasteiger partial charge is 0.306 e. The first-order valence-electron chi connectivity index (χ1n) is 6.85. The Kier molecular flexibility index (Phi) is 3.49. The fraction of sp³-hybridized carbons (Fsp3) is 0.538. The monoisotopic (exact) mass is 275 g/mol. The summed E-state index contributed by atoms with van der Waals surface area (Å²) in [5, 5.41) is 12.3. The molecule has 7 heteroatoms. The number of carboxylic acids is 1. The molecule has 0 saturated heterocycles. The van der Waals surface area contributed by atoms with Gasteiger partial charge in [0.15, 0.2) is 11.5 Å². The predicted octanol–water partition coefficient (Wildman–Crippen LogP) is 1.66. The molecular formula is C13H17N5O2. The van der Waals surface area contributed by atoms with E-state index in [0.29, 0.717) is 5.92 Å². The molecular weight excluding hydrogens is 258 g/mol. The molecule has 0 bridgehead atoms. The number of hydrogen-bond acceptors (Lipinski definition) is 5. The minimum absolute atomic E-state index is 0.164. The normalized spacial score (nSPS) is 22.8. The maximum Gasteiger partial charge on any atom is 0.306 e. The highest BCUT2D eigenvalue weighted by molar-refractivity contribution is 5.81. The van der Waals surface area contributed by atoms with Crippen molar-refractivity contribution in [2.24, 2.45) is 11.8 Å². The van der Waals surface area contributed by atoms with Crippen LogP contribution in [0, 0.1) is 11.8 Å². The number of aromatic amines is 1. The minimum Gasteiger partial charge on any atom is -0.481 e. The molecule has 3 N–H and O–H groups in total. The van der Waals surface area contributed by atoms with Crippen molar-refractivity contribution in [3.05, 3.63) is 12.7 Å². The van der Waals surface area contributed by atoms with E-state index in [2.05, 4.69) is 25.3 Å². The van der Waals surface area contributed by atoms with Gasteiger partial charge in [-0.1, -0.05) is 0 Å². The number of aromatic nitrogens is 4. The number of aliphatic carboxylic acids is 1. The molecule has 1 fully saturated rings. The van der Waals surface area contributed by atoms with Crippen LogP contribution in [0.4, 0.5) is 5.82 Å². The SMILES string of the molecule is O=C(O)C1CCC(CNc2ncnc3[nH]cnc23)CC1. The standard InChI is InChI=1S/C13H17N5O2/c19-13(20)9-3-1-8(2-4-9)5-14-11-10-12(16-6-15-10)18-7-17-11/h6-9H,1-5H2,(H,19,20)(H2,14,15,16,17,18). The summed E-state index contributed by atoms with van der Waals surface area (Å²) in [5.74, 6) is 0.403. The summed E-state index contributed by atoms with van der Waals surface area (Å²) in [6.45, 7) is 0.797. The summed E-state index contributed by atoms with van der Waals surface area (Å²) in [7, 11) is 0. The number of nitrogens with one attached hydrogen (secondary N) is 2. The van der Waals surface area contributed by atoms with E-state index in [1.165, 1.54) is 6.33 Å². The molecule has 2 aromatic rings. The van der Waals surface area contributed by atoms with Crippen LogP contribution in [-0.2, 0) is 4.79 Å². The maximum atomic E-state index is 10.9. The second-order valence-electron chi connectivity index (χ2n) is 5.26. The van der Waals surface area contributed by atoms with Crippen LogP contribution in [0.2, 0.25) is 0 Å². The first kappa shape index (κ1) is 12.8. The summed E-state index contributed by atoms with van der Waals surface area (Å²) in [6, 6.07) is 0. The van der Waals surface area contributed by atoms with E-state index in [1.807, 2.05) is 0 Å². The predicted molar refractivity (Wildman–Crippen MR) is 73.3 cm³/mol. The highest BCUT2D eigenvalue weighted by atomic mass is 16.4. The van der Waals surface area contributed by atoms with E-state index in [0.717, 1.165) is 49.2 Å². The number of hydrogen-bond donors (Lipinski definition) is 3. The summed E-state index contributed by atoms with van der Waals surface area (Å²) in [4.78, 5) is 26.4. The van der Waals surface area contributed by atoms with Crippen molar-refractivity contribution in [2.45, 2.75) is 25.7 Å². The van der Waals surface area contributed by atoms with E-state index in [9.17, 15) is 4.79 Å². The number of carbonyl (C=O) groups is 1. The summed E-state index contributed by atoms with van der Waals surface area (Å²) in [6.07, 6.45) is 6.52. The lowest BCUT2D eigenvalue weighted by molar-refractivity contribution is -0.143. The Bertz CT molecular complexity index is 604. The van der Waals surface area contributed by atoms with Gasteiger partial charge in [0.05, 0.1) is 12.2 Å². The Morgan fingerprint density at radius 1 is 1.30 bits per heavy atom. The number of nitrogens with zero attached hydrogens (tertiary/aromatic N) is 3. The quantitative estimate of drug-likeness (QED) is 0.784. The molecule has 0 amide bonds. The molecule has 0 unspecified atom stereocenters. The molecule has 3 rings (SSSR count). The molecule has 0 radical (unpaired) electrons. The molecule has 20 heavy (non-hydrogen) atoms. The van der Waals surface area contributed by atoms with E-state index in [1.54, 1.807) is 6.33 Å². The molecule has 2 heterocycles. The number of fused-ring (bicyclic) bond motifs is 1. The molecule has 106 valence electrons. The largest absolute Gasteiger partial charge is 0.481 e. The molecule has 1 aliphatic carbocycles. The third-order valence-corrected chi connectivity index (χ3v) is 3.97. The van der Waals surface area contributed by atoms with Crippen molar-refractivity contribution in [3.8, 4) is 0 Å². The Morgan fingerprint density at radius 2 is 2.10 bits per heavy atom. The zero-order valence-corrected chi connectivity index (χ0v) is 11.0. The first-order chi connectivity index (χ1) is 9.74. The fourth-order valence-corrected chi connectivity index (χ4v) is 2.75. The van der Waals surface area contributed by atoms with E-state index in [-0.39, 0.29) is 5.92 Å². The Hall–Kier alpha value is -2.18. The van der Waals surface area contributed by atoms with Gasteiger partial charge in [-0.3, -0.25) is 4.79 Å². The Balaban J connectivity index is 1.58. The molecule has 0 aliphatic heterocycles. The van der Waals surface area contributed by atoms with Crippen LogP contribution in [0.3, 0.4) is 0 Å². The third-order valence-electron chi connectivity index (χ3n) is 3.97. The lowest BCUT2D eigenvalue weighted by Crippen LogP contribution is -2.25. The Morgan fingerprint density at radius 3 is 2.85 bits per heavy atom. The second kappa shape index (κ2) is 5.44. The molecule has 0 aromatic carbocycles. The number of rotatable bonds is 4. The van der Waals surface area contributed by atoms with Gasteiger partial charge < -0.3 is 15.4 Å². The van der Waals surface area contributed by atoms with Crippen LogP contribution < -0.4 is 5.32 Å². The van der Waals surface area contributed by atoms with Gasteiger partial charge in [0.25, 0.3) is 0 Å². The van der Waals surface area contributed by atoms with Crippen molar-refractivity contribution in [2.75, 3.05) is 11.9 Å². The average Bonchev–Trinajstić information content (AvgIpc) is 2.94. The van der Waals surface area contributed by atoms with Gasteiger partial charge in [0.1, 0.15) is 11.8 Å². The van der Waals surface area contributed by atoms with Gasteiger partial charge in [-0.15, -0.1) is 0 Å². The van der Waals surface area contributed by atoms with Gasteiger partial charge in [-0.2, -0.15) is 0 Å². The highest BCUT2D eigenvalue weighted by Gasteiger charge is 2.25. The van der Waals surface area contributed by atoms with Gasteiger partial charge >= 0.3 is 5.97 Å². The topological polar surface area (TPSA) is 104 Å². The molecule has 7 nitrogen and oxygen atoms in total. The first-order valence-corrected chi connectivity index (χ1v) is 6.85. The van der Waals surface area contributed by atoms with Gasteiger partial charge in [-0.25, -0.2) is 15.0 Å². The zero-order valence-electron chi connectivity index (χ0n) is 11.0. The number of H-pyrrole nitrogens is 1. The fourth-order valence-electron chi connectivity index (χ4n) is 2.75. The summed E-state index contributed by atoms with van der Waals surface area (Å²) < 4.78 is 0. The average molecular weight is 275 g/mol. The molecule has 2 aromatic heterocycles. The number of carboxylic acid groups (broad SMARTS) is 1. The minimum atomic E-state index is -0.662. The van der Waals surface area contributed by atoms with E-state index >= 15 is 0 Å². The van der Waals surface area contributed by atoms with Gasteiger partial charge in [0, 0.05) is 6.54 Å². The third kappa shape index (κ3) is 2.56. The maximum absolute atomic E-state index is 10.9. The van der Waals surface area contributed by atoms with E-state index < -0.39 is 5.97 Å². The summed E-state index contributed by atoms with van der Waals surface area (Å²) in [5.41, 5.74) is 1.46. The molecule has 0 spiro atoms. The van der Waals surface area contributed by atoms with Crippen LogP contribution in [0.15, 0.2) is 12.7 Å². The number of anilines is 1. The lowest BCUT2D eigenvalue weighted by atomic mass is 9.82. The van der Waals surface area contributed by atoms with Crippen LogP contribution >= 0.6 is 0 Å². The molecule has 0 atom stereocenters. The Labute approximate surface area is 115 Å². The van der Waals surface area contributed by atoms with Crippen molar-refractivity contribution >= 4 is 23.0 Å². The van der Waals surface area contributed by atoms with Crippen LogP contribution in [0.5, 0.6) is 0 Å². The molecule has 1 saturated carbocycles. The van der Waals surface area contributed by atoms with Gasteiger partial charge in [-0.05, 0) is 31.6 Å². The zero-order chi connectivity index (χ0) is 13.9. The summed E-state index contributed by atoms with van der Waals surface area (Å²) >= 11 is 0. The lowest BCUT2D eigenvalue weighted by Gasteiger charge is -2.26. The van der Waals surface area contributed by atoms with Crippen LogP contribution in [-0.4, -0.2) is 37.6 Å². The van der Waals surface area contributed by atoms with Gasteiger partial charge in [0.2, 0.25) is 0 Å². The van der Waals surface area contributed by atoms with Crippen molar-refractivity contribution in [3.63, 3.8) is 0 Å². The van der Waals surface area contributed by atoms with E-state index in [4.69, 9.17) is 5.11 Å². The number of imidazole rings is 1.